The normalized spacial score (nSPS) is 10.5. The third-order valence-corrected chi connectivity index (χ3v) is 3.98. The average Bonchev–Trinajstić information content (AvgIpc) is 2.61. The predicted octanol–water partition coefficient (Wildman–Crippen LogP) is 5.10. The molecule has 0 unspecified atom stereocenters. The van der Waals surface area contributed by atoms with Crippen LogP contribution < -0.4 is 4.74 Å². The van der Waals surface area contributed by atoms with Crippen LogP contribution in [0.2, 0.25) is 0 Å². The second kappa shape index (κ2) is 14.8. The lowest BCUT2D eigenvalue weighted by Crippen LogP contribution is -2.28. The Morgan fingerprint density at radius 3 is 2.19 bits per heavy atom. The van der Waals surface area contributed by atoms with Crippen molar-refractivity contribution in [2.75, 3.05) is 32.8 Å². The molecule has 26 heavy (non-hydrogen) atoms. The molecule has 0 saturated heterocycles. The molecule has 0 radical (unpaired) electrons. The molecule has 0 aromatic heterocycles. The van der Waals surface area contributed by atoms with Gasteiger partial charge in [-0.3, -0.25) is 0 Å². The molecule has 0 saturated carbocycles. The van der Waals surface area contributed by atoms with Crippen LogP contribution in [0, 0.1) is 5.82 Å². The summed E-state index contributed by atoms with van der Waals surface area (Å²) < 4.78 is 24.2. The molecule has 1 aromatic rings. The Bertz CT molecular complexity index is 506. The summed E-state index contributed by atoms with van der Waals surface area (Å²) in [6.45, 7) is 10.0. The van der Waals surface area contributed by atoms with Crippen LogP contribution >= 0.6 is 12.4 Å². The smallest absolute Gasteiger partial charge is 0.338 e. The molecule has 0 aliphatic carbocycles. The summed E-state index contributed by atoms with van der Waals surface area (Å²) in [6.07, 6.45) is 5.53. The molecule has 0 atom stereocenters. The molecule has 6 heteroatoms. The van der Waals surface area contributed by atoms with Gasteiger partial charge in [0.25, 0.3) is 0 Å². The SMILES string of the molecule is CCCCN(CCCC)CCCOC(=O)c1ccc(OCC)c(F)c1.Cl. The molecule has 1 aromatic carbocycles. The number of benzene rings is 1. The summed E-state index contributed by atoms with van der Waals surface area (Å²) in [7, 11) is 0. The largest absolute Gasteiger partial charge is 0.491 e. The van der Waals surface area contributed by atoms with E-state index in [1.54, 1.807) is 6.92 Å². The van der Waals surface area contributed by atoms with Crippen molar-refractivity contribution in [1.29, 1.82) is 0 Å². The van der Waals surface area contributed by atoms with Crippen molar-refractivity contribution in [2.45, 2.75) is 52.9 Å². The number of rotatable bonds is 13. The third kappa shape index (κ3) is 9.39. The van der Waals surface area contributed by atoms with Gasteiger partial charge in [0, 0.05) is 6.54 Å². The molecule has 0 amide bonds. The number of unbranched alkanes of at least 4 members (excludes halogenated alkanes) is 2. The van der Waals surface area contributed by atoms with Crippen LogP contribution in [0.15, 0.2) is 18.2 Å². The molecular weight excluding hydrogens is 357 g/mol. The van der Waals surface area contributed by atoms with Crippen molar-refractivity contribution >= 4 is 18.4 Å². The van der Waals surface area contributed by atoms with Crippen LogP contribution in [0.25, 0.3) is 0 Å². The fraction of sp³-hybridized carbons (Fsp3) is 0.650. The zero-order chi connectivity index (χ0) is 18.5. The van der Waals surface area contributed by atoms with E-state index in [1.165, 1.54) is 43.9 Å². The Hall–Kier alpha value is -1.33. The summed E-state index contributed by atoms with van der Waals surface area (Å²) in [5.41, 5.74) is 0.217. The number of esters is 1. The first kappa shape index (κ1) is 24.7. The van der Waals surface area contributed by atoms with Gasteiger partial charge in [-0.2, -0.15) is 0 Å². The maximum absolute atomic E-state index is 13.8. The van der Waals surface area contributed by atoms with Crippen molar-refractivity contribution in [2.24, 2.45) is 0 Å². The minimum atomic E-state index is -0.540. The first-order chi connectivity index (χ1) is 12.1. The lowest BCUT2D eigenvalue weighted by Gasteiger charge is -2.21. The summed E-state index contributed by atoms with van der Waals surface area (Å²) in [5.74, 6) is -0.876. The van der Waals surface area contributed by atoms with E-state index in [2.05, 4.69) is 18.7 Å². The first-order valence-electron chi connectivity index (χ1n) is 9.44. The number of nitrogens with zero attached hydrogens (tertiary/aromatic N) is 1. The summed E-state index contributed by atoms with van der Waals surface area (Å²) in [4.78, 5) is 14.4. The van der Waals surface area contributed by atoms with Crippen LogP contribution in [-0.4, -0.2) is 43.7 Å². The van der Waals surface area contributed by atoms with Crippen molar-refractivity contribution in [1.82, 2.24) is 4.90 Å². The second-order valence-corrected chi connectivity index (χ2v) is 6.12. The van der Waals surface area contributed by atoms with E-state index < -0.39 is 11.8 Å². The molecule has 150 valence electrons. The van der Waals surface area contributed by atoms with Gasteiger partial charge in [0.1, 0.15) is 0 Å². The quantitative estimate of drug-likeness (QED) is 0.347. The summed E-state index contributed by atoms with van der Waals surface area (Å²) in [5, 5.41) is 0. The minimum Gasteiger partial charge on any atom is -0.491 e. The van der Waals surface area contributed by atoms with Gasteiger partial charge in [0.2, 0.25) is 0 Å². The van der Waals surface area contributed by atoms with E-state index in [-0.39, 0.29) is 23.7 Å². The topological polar surface area (TPSA) is 38.8 Å². The Labute approximate surface area is 163 Å². The Morgan fingerprint density at radius 1 is 1.04 bits per heavy atom. The highest BCUT2D eigenvalue weighted by Gasteiger charge is 2.12. The Kier molecular flexibility index (Phi) is 14.0. The lowest BCUT2D eigenvalue weighted by atomic mass is 10.2. The molecule has 0 heterocycles. The molecule has 0 N–H and O–H groups in total. The van der Waals surface area contributed by atoms with Crippen LogP contribution in [0.3, 0.4) is 0 Å². The van der Waals surface area contributed by atoms with Crippen molar-refractivity contribution in [3.8, 4) is 5.75 Å². The van der Waals surface area contributed by atoms with E-state index in [0.717, 1.165) is 26.1 Å². The van der Waals surface area contributed by atoms with E-state index in [4.69, 9.17) is 9.47 Å². The Balaban J connectivity index is 0.00000625. The molecule has 0 bridgehead atoms. The number of carbonyl (C=O) groups excluding carboxylic acids is 1. The van der Waals surface area contributed by atoms with Crippen molar-refractivity contribution in [3.63, 3.8) is 0 Å². The van der Waals surface area contributed by atoms with Crippen molar-refractivity contribution in [3.05, 3.63) is 29.6 Å². The lowest BCUT2D eigenvalue weighted by molar-refractivity contribution is 0.0487. The monoisotopic (exact) mass is 389 g/mol. The third-order valence-electron chi connectivity index (χ3n) is 3.98. The van der Waals surface area contributed by atoms with E-state index in [0.29, 0.717) is 13.2 Å². The predicted molar refractivity (Wildman–Crippen MR) is 106 cm³/mol. The maximum atomic E-state index is 13.8. The zero-order valence-corrected chi connectivity index (χ0v) is 17.1. The van der Waals surface area contributed by atoms with Gasteiger partial charge < -0.3 is 14.4 Å². The van der Waals surface area contributed by atoms with Gasteiger partial charge in [-0.15, -0.1) is 12.4 Å². The summed E-state index contributed by atoms with van der Waals surface area (Å²) >= 11 is 0. The fourth-order valence-electron chi connectivity index (χ4n) is 2.54. The number of carbonyl (C=O) groups is 1. The van der Waals surface area contributed by atoms with Crippen LogP contribution in [0.4, 0.5) is 4.39 Å². The average molecular weight is 390 g/mol. The highest BCUT2D eigenvalue weighted by atomic mass is 35.5. The zero-order valence-electron chi connectivity index (χ0n) is 16.3. The molecule has 0 fully saturated rings. The van der Waals surface area contributed by atoms with Crippen LogP contribution in [-0.2, 0) is 4.74 Å². The number of halogens is 2. The van der Waals surface area contributed by atoms with Gasteiger partial charge in [0.05, 0.1) is 18.8 Å². The molecular formula is C20H33ClFNO3. The molecule has 0 aliphatic rings. The molecule has 0 spiro atoms. The van der Waals surface area contributed by atoms with Gasteiger partial charge in [-0.1, -0.05) is 26.7 Å². The maximum Gasteiger partial charge on any atom is 0.338 e. The van der Waals surface area contributed by atoms with Crippen LogP contribution in [0.5, 0.6) is 5.75 Å². The van der Waals surface area contributed by atoms with Gasteiger partial charge in [-0.25, -0.2) is 9.18 Å². The second-order valence-electron chi connectivity index (χ2n) is 6.12. The first-order valence-corrected chi connectivity index (χ1v) is 9.44. The van der Waals surface area contributed by atoms with E-state index in [1.807, 2.05) is 0 Å². The number of hydrogen-bond donors (Lipinski definition) is 0. The van der Waals surface area contributed by atoms with E-state index >= 15 is 0 Å². The summed E-state index contributed by atoms with van der Waals surface area (Å²) in [6, 6.07) is 4.17. The highest BCUT2D eigenvalue weighted by molar-refractivity contribution is 5.89. The number of ether oxygens (including phenoxy) is 2. The molecule has 0 aliphatic heterocycles. The van der Waals surface area contributed by atoms with Crippen LogP contribution in [0.1, 0.15) is 63.2 Å². The highest BCUT2D eigenvalue weighted by Crippen LogP contribution is 2.18. The van der Waals surface area contributed by atoms with Gasteiger partial charge >= 0.3 is 5.97 Å². The van der Waals surface area contributed by atoms with Crippen molar-refractivity contribution < 1.29 is 18.7 Å². The fourth-order valence-corrected chi connectivity index (χ4v) is 2.54. The number of hydrogen-bond acceptors (Lipinski definition) is 4. The van der Waals surface area contributed by atoms with Gasteiger partial charge in [-0.05, 0) is 57.5 Å². The molecule has 4 nitrogen and oxygen atoms in total. The standard InChI is InChI=1S/C20H32FNO3.ClH/c1-4-7-12-22(13-8-5-2)14-9-15-25-20(23)17-10-11-19(24-6-3)18(21)16-17;/h10-11,16H,4-9,12-15H2,1-3H3;1H. The molecule has 1 rings (SSSR count). The van der Waals surface area contributed by atoms with Gasteiger partial charge in [0.15, 0.2) is 11.6 Å². The Morgan fingerprint density at radius 2 is 1.65 bits per heavy atom. The minimum absolute atomic E-state index is 0. The van der Waals surface area contributed by atoms with E-state index in [9.17, 15) is 9.18 Å².